The van der Waals surface area contributed by atoms with Gasteiger partial charge >= 0.3 is 0 Å². The lowest BCUT2D eigenvalue weighted by molar-refractivity contribution is 0.589. The minimum Gasteiger partial charge on any atom is -0.318 e. The summed E-state index contributed by atoms with van der Waals surface area (Å²) in [7, 11) is 0. The molecule has 20 heavy (non-hydrogen) atoms. The largest absolute Gasteiger partial charge is 0.318 e. The van der Waals surface area contributed by atoms with E-state index in [-0.39, 0.29) is 0 Å². The monoisotopic (exact) mass is 287 g/mol. The maximum atomic E-state index is 4.12. The van der Waals surface area contributed by atoms with Crippen LogP contribution < -0.4 is 10.3 Å². The van der Waals surface area contributed by atoms with Crippen LogP contribution in [0.1, 0.15) is 23.7 Å². The van der Waals surface area contributed by atoms with Gasteiger partial charge in [-0.1, -0.05) is 36.4 Å². The van der Waals surface area contributed by atoms with Crippen molar-refractivity contribution < 1.29 is 0 Å². The third-order valence-corrected chi connectivity index (χ3v) is 4.03. The van der Waals surface area contributed by atoms with E-state index in [0.29, 0.717) is 0 Å². The van der Waals surface area contributed by atoms with Crippen LogP contribution in [0.3, 0.4) is 0 Å². The molecule has 0 aliphatic carbocycles. The van der Waals surface area contributed by atoms with Gasteiger partial charge in [0, 0.05) is 23.8 Å². The van der Waals surface area contributed by atoms with Gasteiger partial charge in [0.1, 0.15) is 0 Å². The van der Waals surface area contributed by atoms with Crippen molar-refractivity contribution in [3.05, 3.63) is 53.5 Å². The van der Waals surface area contributed by atoms with Crippen molar-refractivity contribution in [2.75, 3.05) is 0 Å². The number of aryl methyl sites for hydroxylation is 3. The summed E-state index contributed by atoms with van der Waals surface area (Å²) in [6.07, 6.45) is 5.89. The number of hydrogen-bond acceptors (Lipinski definition) is 5. The Morgan fingerprint density at radius 1 is 1.25 bits per heavy atom. The summed E-state index contributed by atoms with van der Waals surface area (Å²) in [5, 5.41) is 8.22. The predicted octanol–water partition coefficient (Wildman–Crippen LogP) is 2.14. The zero-order valence-corrected chi connectivity index (χ0v) is 12.2. The average Bonchev–Trinajstić information content (AvgIpc) is 3.17. The third kappa shape index (κ3) is 3.02. The number of hydrazine groups is 1. The molecular formula is C14H17N5S. The predicted molar refractivity (Wildman–Crippen MR) is 81.4 cm³/mol. The lowest BCUT2D eigenvalue weighted by atomic mass is 10.1. The molecule has 0 spiro atoms. The van der Waals surface area contributed by atoms with Crippen LogP contribution in [-0.4, -0.2) is 15.0 Å². The molecule has 6 heteroatoms. The van der Waals surface area contributed by atoms with Crippen LogP contribution in [0.2, 0.25) is 0 Å². The van der Waals surface area contributed by atoms with Crippen molar-refractivity contribution in [1.82, 2.24) is 25.3 Å². The molecule has 0 radical (unpaired) electrons. The van der Waals surface area contributed by atoms with Gasteiger partial charge in [-0.2, -0.15) is 4.83 Å². The fourth-order valence-electron chi connectivity index (χ4n) is 2.04. The van der Waals surface area contributed by atoms with E-state index in [9.17, 15) is 0 Å². The highest BCUT2D eigenvalue weighted by atomic mass is 32.2. The lowest BCUT2D eigenvalue weighted by Gasteiger charge is -2.04. The van der Waals surface area contributed by atoms with Gasteiger partial charge in [0.25, 0.3) is 0 Å². The molecular weight excluding hydrogens is 270 g/mol. The first-order valence-corrected chi connectivity index (χ1v) is 7.52. The van der Waals surface area contributed by atoms with E-state index in [1.165, 1.54) is 16.0 Å². The minimum atomic E-state index is 0.868. The topological polar surface area (TPSA) is 54.8 Å². The maximum Gasteiger partial charge on any atom is 0.0824 e. The second-order valence-corrected chi connectivity index (χ2v) is 5.48. The molecule has 0 saturated carbocycles. The Bertz CT molecular complexity index is 602. The van der Waals surface area contributed by atoms with E-state index in [4.69, 9.17) is 0 Å². The van der Waals surface area contributed by atoms with E-state index in [1.807, 2.05) is 17.1 Å². The maximum absolute atomic E-state index is 4.12. The van der Waals surface area contributed by atoms with Crippen LogP contribution >= 0.6 is 11.9 Å². The number of hydrogen-bond donors (Lipinski definition) is 2. The second kappa shape index (κ2) is 6.11. The van der Waals surface area contributed by atoms with Crippen molar-refractivity contribution >= 4 is 16.9 Å². The fourth-order valence-corrected chi connectivity index (χ4v) is 2.64. The summed E-state index contributed by atoms with van der Waals surface area (Å²) in [4.78, 5) is 4.20. The molecule has 1 aromatic carbocycles. The Balaban J connectivity index is 1.60. The molecule has 3 rings (SSSR count). The van der Waals surface area contributed by atoms with Gasteiger partial charge in [0.05, 0.1) is 5.69 Å². The SMILES string of the molecule is CCc1cn(CCc2ccc(C3=CNNS3)cc2)nn1. The van der Waals surface area contributed by atoms with Crippen LogP contribution in [0.15, 0.2) is 36.7 Å². The standard InChI is InChI=1S/C14H17N5S/c1-2-13-10-19(17-16-13)8-7-11-3-5-12(6-4-11)14-9-15-18-20-14/h3-6,9-10,15,18H,2,7-8H2,1H3. The number of nitrogens with zero attached hydrogens (tertiary/aromatic N) is 3. The second-order valence-electron chi connectivity index (χ2n) is 4.63. The number of aromatic nitrogens is 3. The summed E-state index contributed by atoms with van der Waals surface area (Å²) in [6, 6.07) is 8.66. The highest BCUT2D eigenvalue weighted by Gasteiger charge is 2.07. The van der Waals surface area contributed by atoms with E-state index < -0.39 is 0 Å². The highest BCUT2D eigenvalue weighted by Crippen LogP contribution is 2.26. The van der Waals surface area contributed by atoms with Crippen LogP contribution in [-0.2, 0) is 19.4 Å². The molecule has 0 unspecified atom stereocenters. The zero-order valence-electron chi connectivity index (χ0n) is 11.3. The Hall–Kier alpha value is -1.79. The molecule has 0 atom stereocenters. The summed E-state index contributed by atoms with van der Waals surface area (Å²) in [6.45, 7) is 2.96. The summed E-state index contributed by atoms with van der Waals surface area (Å²) >= 11 is 1.59. The molecule has 5 nitrogen and oxygen atoms in total. The highest BCUT2D eigenvalue weighted by molar-refractivity contribution is 8.06. The van der Waals surface area contributed by atoms with Gasteiger partial charge in [-0.15, -0.1) is 5.10 Å². The quantitative estimate of drug-likeness (QED) is 0.825. The van der Waals surface area contributed by atoms with Crippen molar-refractivity contribution in [2.24, 2.45) is 0 Å². The van der Waals surface area contributed by atoms with Gasteiger partial charge in [-0.3, -0.25) is 4.68 Å². The molecule has 2 N–H and O–H groups in total. The van der Waals surface area contributed by atoms with E-state index in [0.717, 1.165) is 25.1 Å². The van der Waals surface area contributed by atoms with Crippen molar-refractivity contribution in [3.8, 4) is 0 Å². The van der Waals surface area contributed by atoms with Crippen LogP contribution in [0.25, 0.3) is 4.91 Å². The van der Waals surface area contributed by atoms with Gasteiger partial charge < -0.3 is 5.43 Å². The zero-order chi connectivity index (χ0) is 13.8. The van der Waals surface area contributed by atoms with E-state index in [2.05, 4.69) is 51.8 Å². The summed E-state index contributed by atoms with van der Waals surface area (Å²) < 4.78 is 1.91. The van der Waals surface area contributed by atoms with E-state index >= 15 is 0 Å². The minimum absolute atomic E-state index is 0.868. The first-order valence-electron chi connectivity index (χ1n) is 6.71. The van der Waals surface area contributed by atoms with Gasteiger partial charge in [-0.25, -0.2) is 0 Å². The number of nitrogens with one attached hydrogen (secondary N) is 2. The molecule has 1 aliphatic heterocycles. The molecule has 1 aliphatic rings. The van der Waals surface area contributed by atoms with Crippen molar-refractivity contribution in [3.63, 3.8) is 0 Å². The van der Waals surface area contributed by atoms with Crippen LogP contribution in [0.4, 0.5) is 0 Å². The van der Waals surface area contributed by atoms with Gasteiger partial charge in [-0.05, 0) is 35.9 Å². The third-order valence-electron chi connectivity index (χ3n) is 3.24. The molecule has 2 heterocycles. The normalized spacial score (nSPS) is 14.2. The molecule has 104 valence electrons. The van der Waals surface area contributed by atoms with Gasteiger partial charge in [0.15, 0.2) is 0 Å². The molecule has 0 saturated heterocycles. The molecule has 2 aromatic rings. The van der Waals surface area contributed by atoms with Crippen molar-refractivity contribution in [1.29, 1.82) is 0 Å². The van der Waals surface area contributed by atoms with E-state index in [1.54, 1.807) is 11.9 Å². The fraction of sp³-hybridized carbons (Fsp3) is 0.286. The van der Waals surface area contributed by atoms with Crippen LogP contribution in [0.5, 0.6) is 0 Å². The van der Waals surface area contributed by atoms with Crippen molar-refractivity contribution in [2.45, 2.75) is 26.3 Å². The Morgan fingerprint density at radius 2 is 2.10 bits per heavy atom. The smallest absolute Gasteiger partial charge is 0.0824 e. The Kier molecular flexibility index (Phi) is 4.03. The molecule has 1 aromatic heterocycles. The summed E-state index contributed by atoms with van der Waals surface area (Å²) in [5.74, 6) is 0. The van der Waals surface area contributed by atoms with Gasteiger partial charge in [0.2, 0.25) is 0 Å². The molecule has 0 amide bonds. The first-order chi connectivity index (χ1) is 9.85. The Labute approximate surface area is 122 Å². The Morgan fingerprint density at radius 3 is 2.75 bits per heavy atom. The first kappa shape index (κ1) is 13.2. The lowest BCUT2D eigenvalue weighted by Crippen LogP contribution is -2.11. The average molecular weight is 287 g/mol. The number of rotatable bonds is 5. The van der Waals surface area contributed by atoms with Crippen LogP contribution in [0, 0.1) is 0 Å². The summed E-state index contributed by atoms with van der Waals surface area (Å²) in [5.41, 5.74) is 6.56. The number of benzene rings is 1. The molecule has 0 bridgehead atoms. The molecule has 0 fully saturated rings.